The molecular formula is C25H18N2. The third-order valence-electron chi connectivity index (χ3n) is 4.86. The van der Waals surface area contributed by atoms with Crippen molar-refractivity contribution in [3.05, 3.63) is 103 Å². The molecule has 1 N–H and O–H groups in total. The van der Waals surface area contributed by atoms with Gasteiger partial charge < -0.3 is 4.98 Å². The molecule has 3 aromatic carbocycles. The molecule has 0 radical (unpaired) electrons. The maximum absolute atomic E-state index is 4.95. The van der Waals surface area contributed by atoms with Crippen LogP contribution in [-0.4, -0.2) is 9.97 Å². The molecule has 2 aromatic heterocycles. The number of H-pyrrole nitrogens is 1. The minimum absolute atomic E-state index is 0.984. The van der Waals surface area contributed by atoms with Crippen molar-refractivity contribution >= 4 is 10.9 Å². The molecule has 0 aliphatic carbocycles. The number of aromatic amines is 1. The van der Waals surface area contributed by atoms with Crippen LogP contribution in [0.5, 0.6) is 0 Å². The smallest absolute Gasteiger partial charge is 0.0715 e. The van der Waals surface area contributed by atoms with Crippen molar-refractivity contribution in [3.63, 3.8) is 0 Å². The van der Waals surface area contributed by atoms with Crippen LogP contribution in [0.3, 0.4) is 0 Å². The second kappa shape index (κ2) is 6.58. The second-order valence-electron chi connectivity index (χ2n) is 6.61. The van der Waals surface area contributed by atoms with Crippen LogP contribution in [0.15, 0.2) is 103 Å². The van der Waals surface area contributed by atoms with Crippen molar-refractivity contribution in [1.29, 1.82) is 0 Å². The SMILES string of the molecule is c1ccc(-c2cc(-c3c[nH]c4ccccc34)cc(-c3ccccc3)n2)cc1. The van der Waals surface area contributed by atoms with Gasteiger partial charge in [0.15, 0.2) is 0 Å². The molecule has 2 heterocycles. The van der Waals surface area contributed by atoms with Crippen molar-refractivity contribution in [2.45, 2.75) is 0 Å². The number of rotatable bonds is 3. The van der Waals surface area contributed by atoms with Crippen molar-refractivity contribution < 1.29 is 0 Å². The van der Waals surface area contributed by atoms with Crippen molar-refractivity contribution in [2.75, 3.05) is 0 Å². The second-order valence-corrected chi connectivity index (χ2v) is 6.61. The largest absolute Gasteiger partial charge is 0.361 e. The number of hydrogen-bond donors (Lipinski definition) is 1. The topological polar surface area (TPSA) is 28.7 Å². The van der Waals surface area contributed by atoms with Gasteiger partial charge in [-0.1, -0.05) is 78.9 Å². The van der Waals surface area contributed by atoms with E-state index >= 15 is 0 Å². The summed E-state index contributed by atoms with van der Waals surface area (Å²) in [5, 5.41) is 1.22. The highest BCUT2D eigenvalue weighted by atomic mass is 14.7. The Balaban J connectivity index is 1.76. The highest BCUT2D eigenvalue weighted by Gasteiger charge is 2.11. The van der Waals surface area contributed by atoms with Crippen molar-refractivity contribution in [3.8, 4) is 33.6 Å². The first-order chi connectivity index (χ1) is 13.4. The van der Waals surface area contributed by atoms with Crippen LogP contribution in [0.2, 0.25) is 0 Å². The van der Waals surface area contributed by atoms with Gasteiger partial charge in [-0.05, 0) is 23.8 Å². The van der Waals surface area contributed by atoms with Crippen LogP contribution in [-0.2, 0) is 0 Å². The predicted molar refractivity (Wildman–Crippen MR) is 112 cm³/mol. The number of para-hydroxylation sites is 1. The van der Waals surface area contributed by atoms with Gasteiger partial charge in [0, 0.05) is 33.8 Å². The maximum Gasteiger partial charge on any atom is 0.0715 e. The van der Waals surface area contributed by atoms with Crippen LogP contribution in [0, 0.1) is 0 Å². The normalized spacial score (nSPS) is 11.0. The molecule has 0 saturated carbocycles. The van der Waals surface area contributed by atoms with Gasteiger partial charge in [0.1, 0.15) is 0 Å². The molecule has 2 nitrogen and oxygen atoms in total. The fourth-order valence-corrected chi connectivity index (χ4v) is 3.51. The zero-order chi connectivity index (χ0) is 18.1. The molecule has 0 amide bonds. The zero-order valence-corrected chi connectivity index (χ0v) is 14.8. The Morgan fingerprint density at radius 2 is 1.11 bits per heavy atom. The van der Waals surface area contributed by atoms with E-state index in [1.54, 1.807) is 0 Å². The van der Waals surface area contributed by atoms with Crippen LogP contribution >= 0.6 is 0 Å². The van der Waals surface area contributed by atoms with E-state index in [1.807, 2.05) is 12.1 Å². The third-order valence-corrected chi connectivity index (χ3v) is 4.86. The van der Waals surface area contributed by atoms with Gasteiger partial charge in [-0.3, -0.25) is 0 Å². The molecule has 0 fully saturated rings. The van der Waals surface area contributed by atoms with Gasteiger partial charge >= 0.3 is 0 Å². The molecule has 27 heavy (non-hydrogen) atoms. The van der Waals surface area contributed by atoms with Crippen molar-refractivity contribution in [2.24, 2.45) is 0 Å². The highest BCUT2D eigenvalue weighted by Crippen LogP contribution is 2.33. The first kappa shape index (κ1) is 15.6. The Bertz CT molecular complexity index is 1150. The Kier molecular flexibility index (Phi) is 3.80. The van der Waals surface area contributed by atoms with E-state index < -0.39 is 0 Å². The quantitative estimate of drug-likeness (QED) is 0.393. The number of nitrogens with zero attached hydrogens (tertiary/aromatic N) is 1. The van der Waals surface area contributed by atoms with E-state index in [4.69, 9.17) is 4.98 Å². The summed E-state index contributed by atoms with van der Waals surface area (Å²) in [6.45, 7) is 0. The maximum atomic E-state index is 4.95. The molecule has 0 bridgehead atoms. The van der Waals surface area contributed by atoms with Gasteiger partial charge in [-0.25, -0.2) is 4.98 Å². The summed E-state index contributed by atoms with van der Waals surface area (Å²) in [5.74, 6) is 0. The van der Waals surface area contributed by atoms with E-state index in [-0.39, 0.29) is 0 Å². The first-order valence-corrected chi connectivity index (χ1v) is 9.08. The number of pyridine rings is 1. The monoisotopic (exact) mass is 346 g/mol. The average molecular weight is 346 g/mol. The van der Waals surface area contributed by atoms with Gasteiger partial charge in [0.05, 0.1) is 11.4 Å². The summed E-state index contributed by atoms with van der Waals surface area (Å²) in [5.41, 5.74) is 7.72. The van der Waals surface area contributed by atoms with Crippen LogP contribution < -0.4 is 0 Å². The summed E-state index contributed by atoms with van der Waals surface area (Å²) in [6.07, 6.45) is 2.09. The Morgan fingerprint density at radius 3 is 1.74 bits per heavy atom. The Labute approximate surface area is 158 Å². The Morgan fingerprint density at radius 1 is 0.556 bits per heavy atom. The molecular weight excluding hydrogens is 328 g/mol. The summed E-state index contributed by atoms with van der Waals surface area (Å²) in [7, 11) is 0. The van der Waals surface area contributed by atoms with E-state index in [9.17, 15) is 0 Å². The zero-order valence-electron chi connectivity index (χ0n) is 14.8. The number of nitrogens with one attached hydrogen (secondary N) is 1. The number of fused-ring (bicyclic) bond motifs is 1. The molecule has 5 aromatic rings. The van der Waals surface area contributed by atoms with E-state index in [0.717, 1.165) is 28.0 Å². The molecule has 0 spiro atoms. The summed E-state index contributed by atoms with van der Waals surface area (Å²) < 4.78 is 0. The van der Waals surface area contributed by atoms with E-state index in [1.165, 1.54) is 16.5 Å². The fraction of sp³-hybridized carbons (Fsp3) is 0. The molecule has 2 heteroatoms. The molecule has 0 unspecified atom stereocenters. The summed E-state index contributed by atoms with van der Waals surface area (Å²) >= 11 is 0. The summed E-state index contributed by atoms with van der Waals surface area (Å²) in [6, 6.07) is 33.5. The average Bonchev–Trinajstić information content (AvgIpc) is 3.19. The predicted octanol–water partition coefficient (Wildman–Crippen LogP) is 6.56. The number of benzene rings is 3. The molecule has 0 atom stereocenters. The van der Waals surface area contributed by atoms with Gasteiger partial charge in [-0.15, -0.1) is 0 Å². The van der Waals surface area contributed by atoms with Gasteiger partial charge in [-0.2, -0.15) is 0 Å². The minimum Gasteiger partial charge on any atom is -0.361 e. The molecule has 0 aliphatic heterocycles. The van der Waals surface area contributed by atoms with E-state index in [0.29, 0.717) is 0 Å². The van der Waals surface area contributed by atoms with Gasteiger partial charge in [0.25, 0.3) is 0 Å². The lowest BCUT2D eigenvalue weighted by Gasteiger charge is -2.10. The van der Waals surface area contributed by atoms with Crippen LogP contribution in [0.4, 0.5) is 0 Å². The fourth-order valence-electron chi connectivity index (χ4n) is 3.51. The van der Waals surface area contributed by atoms with Crippen LogP contribution in [0.1, 0.15) is 0 Å². The van der Waals surface area contributed by atoms with Crippen molar-refractivity contribution in [1.82, 2.24) is 9.97 Å². The standard InChI is InChI=1S/C25H18N2/c1-3-9-18(10-4-1)24-15-20(16-25(27-24)19-11-5-2-6-12-19)22-17-26-23-14-8-7-13-21(22)23/h1-17,26H. The number of aromatic nitrogens is 2. The molecule has 0 saturated heterocycles. The van der Waals surface area contributed by atoms with E-state index in [2.05, 4.69) is 96.1 Å². The van der Waals surface area contributed by atoms with Gasteiger partial charge in [0.2, 0.25) is 0 Å². The third kappa shape index (κ3) is 2.91. The molecule has 128 valence electrons. The highest BCUT2D eigenvalue weighted by molar-refractivity contribution is 5.96. The lowest BCUT2D eigenvalue weighted by molar-refractivity contribution is 1.32. The minimum atomic E-state index is 0.984. The molecule has 5 rings (SSSR count). The Hall–Kier alpha value is -3.65. The summed E-state index contributed by atoms with van der Waals surface area (Å²) in [4.78, 5) is 8.34. The molecule has 0 aliphatic rings. The van der Waals surface area contributed by atoms with Crippen LogP contribution in [0.25, 0.3) is 44.5 Å². The lowest BCUT2D eigenvalue weighted by atomic mass is 9.99. The number of hydrogen-bond acceptors (Lipinski definition) is 1. The first-order valence-electron chi connectivity index (χ1n) is 9.08. The lowest BCUT2D eigenvalue weighted by Crippen LogP contribution is -1.90.